The molecule has 14 heteroatoms. The lowest BCUT2D eigenvalue weighted by Crippen LogP contribution is -2.47. The van der Waals surface area contributed by atoms with E-state index in [-0.39, 0.29) is 5.75 Å². The van der Waals surface area contributed by atoms with Crippen molar-refractivity contribution in [3.63, 3.8) is 0 Å². The molecule has 1 aromatic carbocycles. The zero-order chi connectivity index (χ0) is 28.4. The molecule has 1 fully saturated rings. The highest BCUT2D eigenvalue weighted by Gasteiger charge is 2.54. The zero-order valence-corrected chi connectivity index (χ0v) is 20.9. The van der Waals surface area contributed by atoms with Gasteiger partial charge in [-0.05, 0) is 39.8 Å². The van der Waals surface area contributed by atoms with Gasteiger partial charge in [-0.2, -0.15) is 5.09 Å². The highest BCUT2D eigenvalue weighted by molar-refractivity contribution is 7.52. The van der Waals surface area contributed by atoms with Crippen LogP contribution < -0.4 is 20.9 Å². The van der Waals surface area contributed by atoms with Gasteiger partial charge in [0, 0.05) is 12.2 Å². The topological polar surface area (TPSA) is 178 Å². The lowest BCUT2D eigenvalue weighted by molar-refractivity contribution is -0.149. The van der Waals surface area contributed by atoms with Gasteiger partial charge in [-0.15, -0.1) is 0 Å². The maximum absolute atomic E-state index is 13.7. The van der Waals surface area contributed by atoms with Crippen LogP contribution in [-0.2, 0) is 23.4 Å². The van der Waals surface area contributed by atoms with Crippen molar-refractivity contribution in [3.8, 4) is 5.75 Å². The van der Waals surface area contributed by atoms with E-state index in [2.05, 4.69) is 5.09 Å². The van der Waals surface area contributed by atoms with Crippen molar-refractivity contribution in [2.24, 2.45) is 0 Å². The molecule has 13 nitrogen and oxygen atoms in total. The van der Waals surface area contributed by atoms with E-state index in [1.807, 2.05) is 4.98 Å². The molecule has 0 radical (unpaired) electrons. The van der Waals surface area contributed by atoms with Gasteiger partial charge in [-0.3, -0.25) is 23.7 Å². The average Bonchev–Trinajstić information content (AvgIpc) is 3.05. The number of hydrogen-bond acceptors (Lipinski definition) is 10. The molecule has 1 aliphatic rings. The summed E-state index contributed by atoms with van der Waals surface area (Å²) in [5.74, 6) is -0.703. The summed E-state index contributed by atoms with van der Waals surface area (Å²) in [6.45, 7) is 3.71. The summed E-state index contributed by atoms with van der Waals surface area (Å²) in [6, 6.07) is 5.93. The number of benzene rings is 1. The van der Waals surface area contributed by atoms with Crippen LogP contribution in [0.2, 0.25) is 0 Å². The lowest BCUT2D eigenvalue weighted by atomic mass is 9.96. The van der Waals surface area contributed by atoms with E-state index in [4.69, 9.17) is 21.3 Å². The van der Waals surface area contributed by atoms with Crippen molar-refractivity contribution in [1.82, 2.24) is 14.6 Å². The number of aliphatic hydroxyl groups is 2. The van der Waals surface area contributed by atoms with Crippen LogP contribution in [-0.4, -0.2) is 62.3 Å². The molecule has 1 aliphatic heterocycles. The maximum Gasteiger partial charge on any atom is 0.459 e. The molecule has 3 rings (SSSR count). The molecular formula is C22H30N3O10P. The van der Waals surface area contributed by atoms with Crippen molar-refractivity contribution in [1.29, 1.82) is 0 Å². The average molecular weight is 529 g/mol. The number of H-pyrrole nitrogens is 1. The Balaban J connectivity index is 1.88. The maximum atomic E-state index is 13.7. The molecule has 7 atom stereocenters. The van der Waals surface area contributed by atoms with Gasteiger partial charge >= 0.3 is 19.4 Å². The minimum absolute atomic E-state index is 0.0699. The van der Waals surface area contributed by atoms with Crippen LogP contribution in [0.3, 0.4) is 0 Å². The monoisotopic (exact) mass is 529 g/mol. The van der Waals surface area contributed by atoms with Gasteiger partial charge in [-0.1, -0.05) is 18.2 Å². The highest BCUT2D eigenvalue weighted by Crippen LogP contribution is 2.46. The summed E-state index contributed by atoms with van der Waals surface area (Å²) in [5, 5.41) is 24.1. The summed E-state index contributed by atoms with van der Waals surface area (Å²) in [6.07, 6.45) is -4.88. The summed E-state index contributed by atoms with van der Waals surface area (Å²) >= 11 is 0. The number of carbonyl (C=O) groups excluding carboxylic acids is 1. The van der Waals surface area contributed by atoms with E-state index in [0.717, 1.165) is 13.1 Å². The number of rotatable bonds is 10. The molecular weight excluding hydrogens is 497 g/mol. The van der Waals surface area contributed by atoms with Crippen molar-refractivity contribution < 1.29 is 40.8 Å². The van der Waals surface area contributed by atoms with Crippen molar-refractivity contribution in [2.75, 3.05) is 6.58 Å². The largest absolute Gasteiger partial charge is 0.462 e. The van der Waals surface area contributed by atoms with Gasteiger partial charge in [0.05, 0.1) is 15.4 Å². The van der Waals surface area contributed by atoms with E-state index in [0.29, 0.717) is 4.57 Å². The third-order valence-electron chi connectivity index (χ3n) is 5.10. The molecule has 2 aromatic rings. The second-order valence-corrected chi connectivity index (χ2v) is 10.2. The Bertz CT molecular complexity index is 1300. The van der Waals surface area contributed by atoms with E-state index < -0.39 is 73.8 Å². The minimum atomic E-state index is -4.54. The van der Waals surface area contributed by atoms with Crippen LogP contribution >= 0.6 is 7.75 Å². The first-order chi connectivity index (χ1) is 17.6. The number of para-hydroxylation sites is 1. The van der Waals surface area contributed by atoms with Crippen molar-refractivity contribution in [2.45, 2.75) is 63.9 Å². The molecule has 1 unspecified atom stereocenters. The number of esters is 1. The van der Waals surface area contributed by atoms with Gasteiger partial charge in [-0.25, -0.2) is 9.36 Å². The van der Waals surface area contributed by atoms with Crippen LogP contribution in [0.1, 0.15) is 36.7 Å². The Morgan fingerprint density at radius 2 is 2.03 bits per heavy atom. The first-order valence-corrected chi connectivity index (χ1v) is 12.5. The lowest BCUT2D eigenvalue weighted by Gasteiger charge is -2.27. The number of aromatic amines is 1. The predicted octanol–water partition coefficient (Wildman–Crippen LogP) is 0.679. The Morgan fingerprint density at radius 1 is 1.36 bits per heavy atom. The zero-order valence-electron chi connectivity index (χ0n) is 22.0. The predicted molar refractivity (Wildman–Crippen MR) is 126 cm³/mol. The molecule has 0 spiro atoms. The number of aromatic nitrogens is 2. The third kappa shape index (κ3) is 6.49. The summed E-state index contributed by atoms with van der Waals surface area (Å²) in [7, 11) is -4.54. The number of hydrogen-bond donors (Lipinski definition) is 4. The van der Waals surface area contributed by atoms with E-state index in [1.165, 1.54) is 19.1 Å². The minimum Gasteiger partial charge on any atom is -0.462 e. The van der Waals surface area contributed by atoms with Crippen molar-refractivity contribution in [3.05, 3.63) is 63.4 Å². The highest BCUT2D eigenvalue weighted by atomic mass is 31.2. The van der Waals surface area contributed by atoms with Crippen LogP contribution in [0.5, 0.6) is 5.75 Å². The molecule has 1 aromatic heterocycles. The number of ether oxygens (including phenoxy) is 2. The van der Waals surface area contributed by atoms with Crippen LogP contribution in [0, 0.1) is 0 Å². The second-order valence-electron chi connectivity index (χ2n) is 8.54. The van der Waals surface area contributed by atoms with E-state index in [1.54, 1.807) is 32.0 Å². The summed E-state index contributed by atoms with van der Waals surface area (Å²) in [5.41, 5.74) is -4.23. The summed E-state index contributed by atoms with van der Waals surface area (Å²) < 4.78 is 52.0. The Morgan fingerprint density at radius 3 is 2.67 bits per heavy atom. The molecule has 0 saturated carbocycles. The fraction of sp³-hybridized carbons (Fsp3) is 0.500. The van der Waals surface area contributed by atoms with Crippen molar-refractivity contribution >= 4 is 13.7 Å². The summed E-state index contributed by atoms with van der Waals surface area (Å²) in [4.78, 5) is 38.1. The smallest absolute Gasteiger partial charge is 0.459 e. The van der Waals surface area contributed by atoms with Crippen LogP contribution in [0.25, 0.3) is 0 Å². The van der Waals surface area contributed by atoms with Gasteiger partial charge in [0.25, 0.3) is 5.56 Å². The molecule has 0 aliphatic carbocycles. The second kappa shape index (κ2) is 11.1. The van der Waals surface area contributed by atoms with Crippen LogP contribution in [0.15, 0.2) is 52.2 Å². The van der Waals surface area contributed by atoms with E-state index >= 15 is 0 Å². The molecule has 2 heterocycles. The number of nitrogens with one attached hydrogen (secondary N) is 2. The number of aliphatic hydroxyl groups excluding tert-OH is 1. The first-order valence-electron chi connectivity index (χ1n) is 12.0. The Hall–Kier alpha value is -2.80. The molecule has 1 saturated heterocycles. The van der Waals surface area contributed by atoms with Gasteiger partial charge in [0.15, 0.2) is 6.23 Å². The molecule has 0 amide bonds. The van der Waals surface area contributed by atoms with Gasteiger partial charge in [0.2, 0.25) is 0 Å². The molecule has 0 bridgehead atoms. The van der Waals surface area contributed by atoms with Gasteiger partial charge in [0.1, 0.15) is 29.6 Å². The van der Waals surface area contributed by atoms with E-state index in [9.17, 15) is 29.2 Å². The van der Waals surface area contributed by atoms with Gasteiger partial charge < -0.3 is 24.2 Å². The molecule has 4 N–H and O–H groups in total. The first kappa shape index (κ1) is 24.9. The SMILES string of the molecule is [2H]c1cn([C@@H]2O[C@H](C([2H])O[P@@](=O)(N[C@@H](C)C(=O)OC(C)C)Oc3ccccc3)[C@@H](O)[C@@]2(C)O)c(=O)[nH]c1=O. The molecule has 198 valence electrons. The standard InChI is InChI=1S/C22H30N3O10P/c1-13(2)33-19(28)14(3)24-36(31,35-15-8-6-5-7-9-15)32-12-16-18(27)22(4,30)20(34-16)25-11-10-17(26)23-21(25)29/h5-11,13-14,16,18,20,27,30H,12H2,1-4H3,(H,24,31)(H,23,26,29)/t14-,16+,18+,20+,22+,36-/m0/s1/i10D,12D/t12?,14-,16+,18+,20+,22+,36-. The van der Waals surface area contributed by atoms with Crippen LogP contribution in [0.4, 0.5) is 0 Å². The molecule has 36 heavy (non-hydrogen) atoms. The third-order valence-corrected chi connectivity index (χ3v) is 6.65. The number of carbonyl (C=O) groups is 1. The normalized spacial score (nSPS) is 28.0. The fourth-order valence-corrected chi connectivity index (χ4v) is 4.73. The Kier molecular flexibility index (Phi) is 7.65. The quantitative estimate of drug-likeness (QED) is 0.251. The Labute approximate surface area is 209 Å². The number of nitrogens with zero attached hydrogens (tertiary/aromatic N) is 1. The fourth-order valence-electron chi connectivity index (χ4n) is 3.31.